The Labute approximate surface area is 222 Å². The fourth-order valence-electron chi connectivity index (χ4n) is 4.15. The number of benzene rings is 1. The number of ether oxygens (including phenoxy) is 4. The third kappa shape index (κ3) is 6.35. The minimum absolute atomic E-state index is 0.195. The normalized spacial score (nSPS) is 16.5. The number of carbonyl (C=O) groups excluding carboxylic acids is 2. The molecule has 4 rings (SSSR count). The average Bonchev–Trinajstić information content (AvgIpc) is 3.23. The zero-order valence-corrected chi connectivity index (χ0v) is 23.1. The molecule has 0 spiro atoms. The van der Waals surface area contributed by atoms with Gasteiger partial charge in [-0.3, -0.25) is 9.69 Å². The van der Waals surface area contributed by atoms with Crippen LogP contribution in [0.25, 0.3) is 16.8 Å². The third-order valence-electron chi connectivity index (χ3n) is 5.88. The first-order chi connectivity index (χ1) is 17.8. The van der Waals surface area contributed by atoms with Gasteiger partial charge in [0.25, 0.3) is 0 Å². The first kappa shape index (κ1) is 27.2. The monoisotopic (exact) mass is 524 g/mol. The minimum atomic E-state index is -0.708. The number of hydrogen-bond acceptors (Lipinski definition) is 8. The maximum absolute atomic E-state index is 13.3. The molecule has 1 amide bonds. The Morgan fingerprint density at radius 3 is 2.45 bits per heavy atom. The molecule has 10 nitrogen and oxygen atoms in total. The Morgan fingerprint density at radius 1 is 1.03 bits per heavy atom. The second kappa shape index (κ2) is 10.5. The molecular weight excluding hydrogens is 488 g/mol. The average molecular weight is 525 g/mol. The van der Waals surface area contributed by atoms with Crippen molar-refractivity contribution in [3.05, 3.63) is 36.7 Å². The number of amides is 1. The number of carbonyl (C=O) groups is 2. The van der Waals surface area contributed by atoms with Crippen molar-refractivity contribution in [2.24, 2.45) is 5.92 Å². The van der Waals surface area contributed by atoms with Gasteiger partial charge in [0.15, 0.2) is 17.1 Å². The fourth-order valence-corrected chi connectivity index (χ4v) is 4.15. The standard InChI is InChI=1S/C28H36N4O6/c1-27(2,3)37-25(33)18-10-13-31(26(34)38-28(4,5)6)23-11-14-32-24(30-23)20(17-29-32)19-8-9-21(35-7)22(16-19)36-15-12-18/h8-9,11,14,16-18H,10,12-13,15H2,1-7H3. The smallest absolute Gasteiger partial charge is 0.416 e. The molecule has 204 valence electrons. The molecule has 0 fully saturated rings. The van der Waals surface area contributed by atoms with E-state index in [9.17, 15) is 9.59 Å². The SMILES string of the molecule is COc1ccc2cc1OCCC(C(=O)OC(C)(C)C)CCN(C(=O)OC(C)(C)C)c1ccn3ncc-2c3n1. The van der Waals surface area contributed by atoms with Crippen molar-refractivity contribution in [1.82, 2.24) is 14.6 Å². The Morgan fingerprint density at radius 2 is 1.76 bits per heavy atom. The van der Waals surface area contributed by atoms with Gasteiger partial charge in [0.1, 0.15) is 17.0 Å². The number of rotatable bonds is 2. The maximum atomic E-state index is 13.3. The van der Waals surface area contributed by atoms with Gasteiger partial charge in [-0.2, -0.15) is 5.10 Å². The molecule has 4 bridgehead atoms. The molecule has 0 saturated carbocycles. The lowest BCUT2D eigenvalue weighted by Crippen LogP contribution is -2.39. The van der Waals surface area contributed by atoms with Crippen molar-refractivity contribution in [3.8, 4) is 22.6 Å². The molecule has 38 heavy (non-hydrogen) atoms. The minimum Gasteiger partial charge on any atom is -0.493 e. The van der Waals surface area contributed by atoms with E-state index < -0.39 is 23.2 Å². The van der Waals surface area contributed by atoms with Gasteiger partial charge in [0, 0.05) is 18.3 Å². The zero-order chi connectivity index (χ0) is 27.7. The van der Waals surface area contributed by atoms with Gasteiger partial charge in [0.2, 0.25) is 0 Å². The Bertz CT molecular complexity index is 1320. The van der Waals surface area contributed by atoms with E-state index in [1.54, 1.807) is 30.1 Å². The molecule has 3 heterocycles. The summed E-state index contributed by atoms with van der Waals surface area (Å²) in [5, 5.41) is 4.43. The van der Waals surface area contributed by atoms with Gasteiger partial charge < -0.3 is 18.9 Å². The van der Waals surface area contributed by atoms with E-state index >= 15 is 0 Å². The van der Waals surface area contributed by atoms with Gasteiger partial charge in [0.05, 0.1) is 25.8 Å². The Balaban J connectivity index is 1.81. The van der Waals surface area contributed by atoms with Crippen LogP contribution in [0.4, 0.5) is 10.6 Å². The van der Waals surface area contributed by atoms with Gasteiger partial charge in [-0.15, -0.1) is 0 Å². The predicted molar refractivity (Wildman–Crippen MR) is 143 cm³/mol. The van der Waals surface area contributed by atoms with Crippen LogP contribution in [0.2, 0.25) is 0 Å². The highest BCUT2D eigenvalue weighted by Gasteiger charge is 2.30. The number of nitrogens with zero attached hydrogens (tertiary/aromatic N) is 4. The number of aromatic nitrogens is 3. The van der Waals surface area contributed by atoms with Crippen molar-refractivity contribution >= 4 is 23.5 Å². The molecule has 2 aromatic heterocycles. The molecule has 3 aromatic rings. The van der Waals surface area contributed by atoms with Crippen molar-refractivity contribution in [2.45, 2.75) is 65.6 Å². The topological polar surface area (TPSA) is 104 Å². The summed E-state index contributed by atoms with van der Waals surface area (Å²) in [6.07, 6.45) is 3.63. The van der Waals surface area contributed by atoms with Crippen LogP contribution in [0.5, 0.6) is 11.5 Å². The zero-order valence-electron chi connectivity index (χ0n) is 23.1. The number of hydrogen-bond donors (Lipinski definition) is 0. The molecule has 1 atom stereocenters. The van der Waals surface area contributed by atoms with E-state index in [0.29, 0.717) is 35.8 Å². The van der Waals surface area contributed by atoms with E-state index in [1.807, 2.05) is 59.7 Å². The van der Waals surface area contributed by atoms with E-state index in [1.165, 1.54) is 4.90 Å². The van der Waals surface area contributed by atoms with E-state index in [-0.39, 0.29) is 19.1 Å². The van der Waals surface area contributed by atoms with Gasteiger partial charge in [-0.25, -0.2) is 14.3 Å². The summed E-state index contributed by atoms with van der Waals surface area (Å²) in [5.41, 5.74) is 0.801. The quantitative estimate of drug-likeness (QED) is 0.417. The molecule has 1 aliphatic rings. The van der Waals surface area contributed by atoms with Gasteiger partial charge in [-0.1, -0.05) is 6.07 Å². The Kier molecular flexibility index (Phi) is 7.53. The fraction of sp³-hybridized carbons (Fsp3) is 0.500. The predicted octanol–water partition coefficient (Wildman–Crippen LogP) is 5.28. The summed E-state index contributed by atoms with van der Waals surface area (Å²) < 4.78 is 24.7. The van der Waals surface area contributed by atoms with Crippen molar-refractivity contribution in [1.29, 1.82) is 0 Å². The molecule has 0 N–H and O–H groups in total. The van der Waals surface area contributed by atoms with Crippen LogP contribution in [-0.4, -0.2) is 58.1 Å². The highest BCUT2D eigenvalue weighted by Crippen LogP contribution is 2.35. The largest absolute Gasteiger partial charge is 0.493 e. The third-order valence-corrected chi connectivity index (χ3v) is 5.88. The van der Waals surface area contributed by atoms with Crippen LogP contribution < -0.4 is 14.4 Å². The number of anilines is 1. The summed E-state index contributed by atoms with van der Waals surface area (Å²) in [4.78, 5) is 32.7. The van der Waals surface area contributed by atoms with Crippen LogP contribution in [-0.2, 0) is 14.3 Å². The summed E-state index contributed by atoms with van der Waals surface area (Å²) in [7, 11) is 1.58. The van der Waals surface area contributed by atoms with Crippen LogP contribution in [0.1, 0.15) is 54.4 Å². The molecule has 0 radical (unpaired) electrons. The first-order valence-electron chi connectivity index (χ1n) is 12.7. The molecule has 1 unspecified atom stereocenters. The molecule has 1 aliphatic heterocycles. The van der Waals surface area contributed by atoms with Gasteiger partial charge >= 0.3 is 12.1 Å². The lowest BCUT2D eigenvalue weighted by atomic mass is 10.0. The van der Waals surface area contributed by atoms with E-state index in [2.05, 4.69) is 5.10 Å². The van der Waals surface area contributed by atoms with Crippen molar-refractivity contribution in [3.63, 3.8) is 0 Å². The molecule has 0 saturated heterocycles. The second-order valence-corrected chi connectivity index (χ2v) is 11.3. The van der Waals surface area contributed by atoms with Crippen LogP contribution in [0, 0.1) is 5.92 Å². The molecule has 1 aromatic carbocycles. The van der Waals surface area contributed by atoms with Crippen LogP contribution in [0.15, 0.2) is 36.7 Å². The number of fused-ring (bicyclic) bond motifs is 4. The van der Waals surface area contributed by atoms with E-state index in [0.717, 1.165) is 11.1 Å². The van der Waals surface area contributed by atoms with Crippen LogP contribution in [0.3, 0.4) is 0 Å². The summed E-state index contributed by atoms with van der Waals surface area (Å²) in [6.45, 7) is 11.4. The highest BCUT2D eigenvalue weighted by molar-refractivity contribution is 5.88. The van der Waals surface area contributed by atoms with Crippen LogP contribution >= 0.6 is 0 Å². The van der Waals surface area contributed by atoms with Crippen molar-refractivity contribution < 1.29 is 28.5 Å². The molecule has 10 heteroatoms. The maximum Gasteiger partial charge on any atom is 0.416 e. The van der Waals surface area contributed by atoms with E-state index in [4.69, 9.17) is 23.9 Å². The lowest BCUT2D eigenvalue weighted by molar-refractivity contribution is -0.160. The highest BCUT2D eigenvalue weighted by atomic mass is 16.6. The first-order valence-corrected chi connectivity index (χ1v) is 12.7. The molecular formula is C28H36N4O6. The number of esters is 1. The second-order valence-electron chi connectivity index (χ2n) is 11.3. The summed E-state index contributed by atoms with van der Waals surface area (Å²) in [6, 6.07) is 7.30. The summed E-state index contributed by atoms with van der Waals surface area (Å²) >= 11 is 0. The molecule has 0 aliphatic carbocycles. The van der Waals surface area contributed by atoms with Crippen molar-refractivity contribution in [2.75, 3.05) is 25.2 Å². The lowest BCUT2D eigenvalue weighted by Gasteiger charge is -2.29. The Hall–Kier alpha value is -3.82. The van der Waals surface area contributed by atoms with Gasteiger partial charge in [-0.05, 0) is 78.1 Å². The number of methoxy groups -OCH3 is 1. The summed E-state index contributed by atoms with van der Waals surface area (Å²) in [5.74, 6) is 0.662.